The van der Waals surface area contributed by atoms with Gasteiger partial charge in [-0.1, -0.05) is 6.07 Å². The summed E-state index contributed by atoms with van der Waals surface area (Å²) in [5.41, 5.74) is 1.60. The maximum atomic E-state index is 12.0. The molecule has 25 heavy (non-hydrogen) atoms. The van der Waals surface area contributed by atoms with Gasteiger partial charge in [0, 0.05) is 36.9 Å². The van der Waals surface area contributed by atoms with E-state index < -0.39 is 0 Å². The molecule has 128 valence electrons. The molecule has 3 amide bonds. The molecule has 0 atom stereocenters. The first-order chi connectivity index (χ1) is 12.2. The molecule has 7 nitrogen and oxygen atoms in total. The Kier molecular flexibility index (Phi) is 5.16. The average Bonchev–Trinajstić information content (AvgIpc) is 3.29. The zero-order valence-corrected chi connectivity index (χ0v) is 13.4. The van der Waals surface area contributed by atoms with Gasteiger partial charge in [-0.15, -0.1) is 0 Å². The molecule has 2 aromatic heterocycles. The second-order valence-corrected chi connectivity index (χ2v) is 5.35. The lowest BCUT2D eigenvalue weighted by molar-refractivity contribution is 0.102. The first-order valence-electron chi connectivity index (χ1n) is 7.80. The molecular weight excluding hydrogens is 320 g/mol. The Labute approximate surface area is 144 Å². The zero-order chi connectivity index (χ0) is 17.5. The topological polar surface area (TPSA) is 88.3 Å². The van der Waals surface area contributed by atoms with E-state index in [9.17, 15) is 9.59 Å². The number of hydrogen-bond donors (Lipinski definition) is 3. The second-order valence-electron chi connectivity index (χ2n) is 5.35. The van der Waals surface area contributed by atoms with Crippen LogP contribution in [0.4, 0.5) is 16.2 Å². The highest BCUT2D eigenvalue weighted by atomic mass is 16.3. The molecular formula is C18H18N4O3. The Morgan fingerprint density at radius 1 is 1.00 bits per heavy atom. The van der Waals surface area contributed by atoms with Gasteiger partial charge in [0.05, 0.1) is 11.8 Å². The fourth-order valence-electron chi connectivity index (χ4n) is 2.26. The van der Waals surface area contributed by atoms with Crippen molar-refractivity contribution in [3.05, 3.63) is 72.9 Å². The monoisotopic (exact) mass is 338 g/mol. The Morgan fingerprint density at radius 3 is 2.48 bits per heavy atom. The molecule has 0 aliphatic rings. The van der Waals surface area contributed by atoms with Gasteiger partial charge in [0.15, 0.2) is 0 Å². The van der Waals surface area contributed by atoms with Crippen LogP contribution in [0.5, 0.6) is 0 Å². The van der Waals surface area contributed by atoms with Crippen LogP contribution < -0.4 is 16.0 Å². The van der Waals surface area contributed by atoms with Crippen LogP contribution in [-0.2, 0) is 6.54 Å². The Balaban J connectivity index is 1.50. The number of rotatable bonds is 6. The number of benzene rings is 1. The molecule has 3 rings (SSSR count). The molecule has 7 heteroatoms. The molecule has 0 spiro atoms. The molecule has 0 unspecified atom stereocenters. The van der Waals surface area contributed by atoms with Crippen molar-refractivity contribution in [1.29, 1.82) is 0 Å². The summed E-state index contributed by atoms with van der Waals surface area (Å²) in [5.74, 6) is -0.276. The fraction of sp³-hybridized carbons (Fsp3) is 0.111. The van der Waals surface area contributed by atoms with E-state index >= 15 is 0 Å². The van der Waals surface area contributed by atoms with E-state index in [1.807, 2.05) is 29.1 Å². The predicted molar refractivity (Wildman–Crippen MR) is 94.6 cm³/mol. The van der Waals surface area contributed by atoms with Crippen LogP contribution in [0.3, 0.4) is 0 Å². The number of carbonyl (C=O) groups is 2. The number of urea groups is 1. The molecule has 0 saturated heterocycles. The lowest BCUT2D eigenvalue weighted by atomic mass is 10.2. The maximum Gasteiger partial charge on any atom is 0.319 e. The molecule has 0 aliphatic carbocycles. The summed E-state index contributed by atoms with van der Waals surface area (Å²) in [5, 5.41) is 8.27. The van der Waals surface area contributed by atoms with E-state index in [-0.39, 0.29) is 11.9 Å². The van der Waals surface area contributed by atoms with Crippen molar-refractivity contribution in [3.63, 3.8) is 0 Å². The quantitative estimate of drug-likeness (QED) is 0.645. The normalized spacial score (nSPS) is 10.2. The zero-order valence-electron chi connectivity index (χ0n) is 13.4. The molecule has 0 radical (unpaired) electrons. The maximum absolute atomic E-state index is 12.0. The first kappa shape index (κ1) is 16.4. The number of aromatic nitrogens is 1. The van der Waals surface area contributed by atoms with Crippen molar-refractivity contribution < 1.29 is 14.0 Å². The van der Waals surface area contributed by atoms with Gasteiger partial charge in [-0.3, -0.25) is 4.79 Å². The number of carbonyl (C=O) groups excluding carboxylic acids is 2. The van der Waals surface area contributed by atoms with Gasteiger partial charge in [0.1, 0.15) is 6.26 Å². The second kappa shape index (κ2) is 7.87. The Bertz CT molecular complexity index is 826. The van der Waals surface area contributed by atoms with E-state index in [2.05, 4.69) is 16.0 Å². The number of nitrogens with one attached hydrogen (secondary N) is 3. The summed E-state index contributed by atoms with van der Waals surface area (Å²) < 4.78 is 6.86. The predicted octanol–water partition coefficient (Wildman–Crippen LogP) is 3.16. The highest BCUT2D eigenvalue weighted by molar-refractivity contribution is 6.04. The minimum absolute atomic E-state index is 0.276. The molecule has 2 heterocycles. The summed E-state index contributed by atoms with van der Waals surface area (Å²) in [7, 11) is 0. The van der Waals surface area contributed by atoms with E-state index in [1.54, 1.807) is 30.3 Å². The van der Waals surface area contributed by atoms with Crippen molar-refractivity contribution >= 4 is 23.3 Å². The first-order valence-corrected chi connectivity index (χ1v) is 7.80. The highest BCUT2D eigenvalue weighted by Crippen LogP contribution is 2.16. The molecule has 0 aliphatic heterocycles. The van der Waals surface area contributed by atoms with E-state index in [4.69, 9.17) is 4.42 Å². The van der Waals surface area contributed by atoms with Crippen molar-refractivity contribution in [2.75, 3.05) is 17.2 Å². The molecule has 1 aromatic carbocycles. The summed E-state index contributed by atoms with van der Waals surface area (Å²) >= 11 is 0. The summed E-state index contributed by atoms with van der Waals surface area (Å²) in [6.45, 7) is 1.21. The Morgan fingerprint density at radius 2 is 1.76 bits per heavy atom. The van der Waals surface area contributed by atoms with Crippen LogP contribution in [0.15, 0.2) is 71.8 Å². The third kappa shape index (κ3) is 4.74. The molecule has 3 aromatic rings. The largest absolute Gasteiger partial charge is 0.472 e. The number of anilines is 2. The van der Waals surface area contributed by atoms with Crippen LogP contribution in [0.2, 0.25) is 0 Å². The number of nitrogens with zero attached hydrogens (tertiary/aromatic N) is 1. The van der Waals surface area contributed by atoms with Gasteiger partial charge in [-0.2, -0.15) is 0 Å². The number of hydrogen-bond acceptors (Lipinski definition) is 3. The molecule has 0 fully saturated rings. The lowest BCUT2D eigenvalue weighted by Crippen LogP contribution is -2.31. The highest BCUT2D eigenvalue weighted by Gasteiger charge is 2.08. The van der Waals surface area contributed by atoms with E-state index in [1.165, 1.54) is 12.5 Å². The minimum atomic E-state index is -0.300. The standard InChI is InChI=1S/C18H18N4O3/c23-17(14-6-11-25-13-14)20-15-4-3-5-16(12-15)21-18(24)19-7-10-22-8-1-2-9-22/h1-6,8-9,11-13H,7,10H2,(H,20,23)(H2,19,21,24). The average molecular weight is 338 g/mol. The Hall–Kier alpha value is -3.48. The van der Waals surface area contributed by atoms with Crippen LogP contribution in [0.25, 0.3) is 0 Å². The number of furan rings is 1. The van der Waals surface area contributed by atoms with Crippen molar-refractivity contribution in [2.45, 2.75) is 6.54 Å². The van der Waals surface area contributed by atoms with E-state index in [0.717, 1.165) is 0 Å². The van der Waals surface area contributed by atoms with Gasteiger partial charge in [-0.05, 0) is 36.4 Å². The summed E-state index contributed by atoms with van der Waals surface area (Å²) in [4.78, 5) is 23.9. The third-order valence-electron chi connectivity index (χ3n) is 3.48. The van der Waals surface area contributed by atoms with Gasteiger partial charge in [-0.25, -0.2) is 4.79 Å². The van der Waals surface area contributed by atoms with Crippen LogP contribution >= 0.6 is 0 Å². The fourth-order valence-corrected chi connectivity index (χ4v) is 2.26. The van der Waals surface area contributed by atoms with Crippen LogP contribution in [0.1, 0.15) is 10.4 Å². The number of amides is 3. The van der Waals surface area contributed by atoms with Crippen LogP contribution in [-0.4, -0.2) is 23.1 Å². The molecule has 3 N–H and O–H groups in total. The van der Waals surface area contributed by atoms with Crippen molar-refractivity contribution in [2.24, 2.45) is 0 Å². The third-order valence-corrected chi connectivity index (χ3v) is 3.48. The van der Waals surface area contributed by atoms with Gasteiger partial charge < -0.3 is 24.9 Å². The minimum Gasteiger partial charge on any atom is -0.472 e. The van der Waals surface area contributed by atoms with Gasteiger partial charge in [0.2, 0.25) is 0 Å². The van der Waals surface area contributed by atoms with Crippen molar-refractivity contribution in [1.82, 2.24) is 9.88 Å². The van der Waals surface area contributed by atoms with Crippen molar-refractivity contribution in [3.8, 4) is 0 Å². The molecule has 0 bridgehead atoms. The van der Waals surface area contributed by atoms with Gasteiger partial charge in [0.25, 0.3) is 5.91 Å². The SMILES string of the molecule is O=C(NCCn1cccc1)Nc1cccc(NC(=O)c2ccoc2)c1. The smallest absolute Gasteiger partial charge is 0.319 e. The van der Waals surface area contributed by atoms with Gasteiger partial charge >= 0.3 is 6.03 Å². The molecule has 0 saturated carbocycles. The van der Waals surface area contributed by atoms with E-state index in [0.29, 0.717) is 30.0 Å². The summed E-state index contributed by atoms with van der Waals surface area (Å²) in [6, 6.07) is 12.1. The van der Waals surface area contributed by atoms with Crippen LogP contribution in [0, 0.1) is 0 Å². The summed E-state index contributed by atoms with van der Waals surface area (Å²) in [6.07, 6.45) is 6.68. The lowest BCUT2D eigenvalue weighted by Gasteiger charge is -2.10.